The highest BCUT2D eigenvalue weighted by molar-refractivity contribution is 9.10. The molecular weight excluding hydrogens is 338 g/mol. The fourth-order valence-corrected chi connectivity index (χ4v) is 2.19. The van der Waals surface area contributed by atoms with E-state index in [9.17, 15) is 14.9 Å². The van der Waals surface area contributed by atoms with Gasteiger partial charge in [0.25, 0.3) is 5.69 Å². The average molecular weight is 350 g/mol. The van der Waals surface area contributed by atoms with Crippen LogP contribution in [0.25, 0.3) is 0 Å². The molecule has 0 aliphatic heterocycles. The Bertz CT molecular complexity index is 728. The van der Waals surface area contributed by atoms with Gasteiger partial charge >= 0.3 is 0 Å². The van der Waals surface area contributed by atoms with Crippen molar-refractivity contribution in [3.05, 3.63) is 62.1 Å². The molecule has 0 heterocycles. The van der Waals surface area contributed by atoms with Crippen LogP contribution in [0.15, 0.2) is 40.9 Å². The topological polar surface area (TPSA) is 69.4 Å². The third kappa shape index (κ3) is 3.46. The minimum atomic E-state index is -0.472. The number of hydrogen-bond acceptors (Lipinski definition) is 4. The number of rotatable bonds is 4. The molecule has 0 fully saturated rings. The monoisotopic (exact) mass is 349 g/mol. The van der Waals surface area contributed by atoms with Crippen molar-refractivity contribution in [2.75, 3.05) is 0 Å². The van der Waals surface area contributed by atoms with Crippen molar-refractivity contribution in [2.45, 2.75) is 13.8 Å². The zero-order valence-electron chi connectivity index (χ0n) is 11.4. The van der Waals surface area contributed by atoms with Gasteiger partial charge in [-0.05, 0) is 59.6 Å². The predicted molar refractivity (Wildman–Crippen MR) is 82.1 cm³/mol. The second-order valence-electron chi connectivity index (χ2n) is 4.51. The van der Waals surface area contributed by atoms with E-state index in [1.165, 1.54) is 19.1 Å². The predicted octanol–water partition coefficient (Wildman–Crippen LogP) is 4.66. The van der Waals surface area contributed by atoms with Crippen LogP contribution < -0.4 is 4.74 Å². The van der Waals surface area contributed by atoms with Crippen molar-refractivity contribution in [1.82, 2.24) is 0 Å². The number of carbonyl (C=O) groups excluding carboxylic acids is 1. The van der Waals surface area contributed by atoms with Crippen LogP contribution in [0.3, 0.4) is 0 Å². The van der Waals surface area contributed by atoms with Gasteiger partial charge in [0.15, 0.2) is 5.78 Å². The Kier molecular flexibility index (Phi) is 4.37. The van der Waals surface area contributed by atoms with Crippen molar-refractivity contribution < 1.29 is 14.5 Å². The van der Waals surface area contributed by atoms with Crippen molar-refractivity contribution >= 4 is 27.4 Å². The van der Waals surface area contributed by atoms with Crippen LogP contribution in [0.2, 0.25) is 0 Å². The summed E-state index contributed by atoms with van der Waals surface area (Å²) in [5.74, 6) is 0.845. The molecule has 0 N–H and O–H groups in total. The third-order valence-corrected chi connectivity index (χ3v) is 3.56. The fraction of sp³-hybridized carbons (Fsp3) is 0.133. The minimum absolute atomic E-state index is 0.0351. The van der Waals surface area contributed by atoms with Crippen molar-refractivity contribution in [1.29, 1.82) is 0 Å². The van der Waals surface area contributed by atoms with E-state index in [0.29, 0.717) is 21.5 Å². The number of nitro groups is 1. The first-order valence-electron chi connectivity index (χ1n) is 6.12. The summed E-state index contributed by atoms with van der Waals surface area (Å²) < 4.78 is 6.31. The number of hydrogen-bond donors (Lipinski definition) is 0. The molecule has 5 nitrogen and oxygen atoms in total. The Morgan fingerprint density at radius 3 is 2.48 bits per heavy atom. The van der Waals surface area contributed by atoms with E-state index < -0.39 is 4.92 Å². The number of non-ortho nitro benzene ring substituents is 1. The Morgan fingerprint density at radius 2 is 1.90 bits per heavy atom. The highest BCUT2D eigenvalue weighted by atomic mass is 79.9. The summed E-state index contributed by atoms with van der Waals surface area (Å²) in [4.78, 5) is 21.6. The molecule has 21 heavy (non-hydrogen) atoms. The summed E-state index contributed by atoms with van der Waals surface area (Å²) in [7, 11) is 0. The SMILES string of the molecule is CC(=O)c1ccc(Oc2cc([N+](=O)[O-])ccc2C)c(Br)c1. The lowest BCUT2D eigenvalue weighted by Gasteiger charge is -2.10. The summed E-state index contributed by atoms with van der Waals surface area (Å²) in [5, 5.41) is 10.8. The van der Waals surface area contributed by atoms with Gasteiger partial charge in [-0.15, -0.1) is 0 Å². The molecule has 2 rings (SSSR count). The summed E-state index contributed by atoms with van der Waals surface area (Å²) >= 11 is 3.33. The number of benzene rings is 2. The van der Waals surface area contributed by atoms with E-state index in [2.05, 4.69) is 15.9 Å². The third-order valence-electron chi connectivity index (χ3n) is 2.94. The minimum Gasteiger partial charge on any atom is -0.456 e. The molecular formula is C15H12BrNO4. The van der Waals surface area contributed by atoms with E-state index in [-0.39, 0.29) is 11.5 Å². The number of halogens is 1. The van der Waals surface area contributed by atoms with Crippen molar-refractivity contribution in [3.63, 3.8) is 0 Å². The highest BCUT2D eigenvalue weighted by Crippen LogP contribution is 2.33. The Labute approximate surface area is 129 Å². The maximum atomic E-state index is 11.3. The van der Waals surface area contributed by atoms with E-state index in [1.807, 2.05) is 0 Å². The van der Waals surface area contributed by atoms with Gasteiger partial charge in [0, 0.05) is 11.6 Å². The standard InChI is InChI=1S/C15H12BrNO4/c1-9-3-5-12(17(19)20)8-15(9)21-14-6-4-11(10(2)18)7-13(14)16/h3-8H,1-2H3. The number of ketones is 1. The molecule has 0 spiro atoms. The number of Topliss-reactive ketones (excluding diaryl/α,β-unsaturated/α-hetero) is 1. The first-order valence-corrected chi connectivity index (χ1v) is 6.91. The van der Waals surface area contributed by atoms with Crippen LogP contribution in [0.1, 0.15) is 22.8 Å². The zero-order valence-corrected chi connectivity index (χ0v) is 13.0. The Morgan fingerprint density at radius 1 is 1.19 bits per heavy atom. The van der Waals surface area contributed by atoms with Gasteiger partial charge in [0.2, 0.25) is 0 Å². The molecule has 2 aromatic carbocycles. The fourth-order valence-electron chi connectivity index (χ4n) is 1.73. The molecule has 0 radical (unpaired) electrons. The van der Waals surface area contributed by atoms with Crippen LogP contribution in [0.4, 0.5) is 5.69 Å². The maximum Gasteiger partial charge on any atom is 0.273 e. The lowest BCUT2D eigenvalue weighted by molar-refractivity contribution is -0.384. The first-order chi connectivity index (χ1) is 9.88. The first kappa shape index (κ1) is 15.2. The molecule has 0 amide bonds. The van der Waals surface area contributed by atoms with Crippen LogP contribution in [-0.2, 0) is 0 Å². The second kappa shape index (κ2) is 6.05. The van der Waals surface area contributed by atoms with Gasteiger partial charge in [-0.3, -0.25) is 14.9 Å². The lowest BCUT2D eigenvalue weighted by Crippen LogP contribution is -1.95. The van der Waals surface area contributed by atoms with E-state index in [1.54, 1.807) is 31.2 Å². The summed E-state index contributed by atoms with van der Waals surface area (Å²) in [6.07, 6.45) is 0. The van der Waals surface area contributed by atoms with Gasteiger partial charge in [0.1, 0.15) is 11.5 Å². The normalized spacial score (nSPS) is 10.2. The molecule has 0 unspecified atom stereocenters. The average Bonchev–Trinajstić information content (AvgIpc) is 2.42. The van der Waals surface area contributed by atoms with Crippen LogP contribution in [0, 0.1) is 17.0 Å². The number of carbonyl (C=O) groups is 1. The number of ether oxygens (including phenoxy) is 1. The quantitative estimate of drug-likeness (QED) is 0.457. The van der Waals surface area contributed by atoms with Gasteiger partial charge in [-0.2, -0.15) is 0 Å². The largest absolute Gasteiger partial charge is 0.456 e. The number of nitrogens with zero attached hydrogens (tertiary/aromatic N) is 1. The highest BCUT2D eigenvalue weighted by Gasteiger charge is 2.12. The molecule has 0 aliphatic rings. The zero-order chi connectivity index (χ0) is 15.6. The summed E-state index contributed by atoms with van der Waals surface area (Å²) in [6, 6.07) is 9.39. The molecule has 6 heteroatoms. The van der Waals surface area contributed by atoms with Gasteiger partial charge in [0.05, 0.1) is 15.5 Å². The molecule has 108 valence electrons. The Balaban J connectivity index is 2.36. The van der Waals surface area contributed by atoms with Crippen molar-refractivity contribution in [2.24, 2.45) is 0 Å². The molecule has 0 saturated heterocycles. The van der Waals surface area contributed by atoms with Crippen LogP contribution >= 0.6 is 15.9 Å². The van der Waals surface area contributed by atoms with Crippen LogP contribution in [-0.4, -0.2) is 10.7 Å². The van der Waals surface area contributed by atoms with E-state index >= 15 is 0 Å². The second-order valence-corrected chi connectivity index (χ2v) is 5.36. The van der Waals surface area contributed by atoms with E-state index in [0.717, 1.165) is 5.56 Å². The van der Waals surface area contributed by atoms with Crippen LogP contribution in [0.5, 0.6) is 11.5 Å². The van der Waals surface area contributed by atoms with E-state index in [4.69, 9.17) is 4.74 Å². The smallest absolute Gasteiger partial charge is 0.273 e. The maximum absolute atomic E-state index is 11.3. The molecule has 0 aromatic heterocycles. The van der Waals surface area contributed by atoms with Crippen molar-refractivity contribution in [3.8, 4) is 11.5 Å². The van der Waals surface area contributed by atoms with Gasteiger partial charge < -0.3 is 4.74 Å². The summed E-state index contributed by atoms with van der Waals surface area (Å²) in [6.45, 7) is 3.28. The summed E-state index contributed by atoms with van der Waals surface area (Å²) in [5.41, 5.74) is 1.31. The van der Waals surface area contributed by atoms with Gasteiger partial charge in [-0.1, -0.05) is 0 Å². The Hall–Kier alpha value is -2.21. The number of aryl methyl sites for hydroxylation is 1. The molecule has 0 saturated carbocycles. The lowest BCUT2D eigenvalue weighted by atomic mass is 10.1. The molecule has 0 bridgehead atoms. The van der Waals surface area contributed by atoms with Gasteiger partial charge in [-0.25, -0.2) is 0 Å². The number of nitro benzene ring substituents is 1. The molecule has 2 aromatic rings. The molecule has 0 aliphatic carbocycles. The molecule has 0 atom stereocenters.